The Balaban J connectivity index is 1.71. The van der Waals surface area contributed by atoms with Crippen molar-refractivity contribution in [1.82, 2.24) is 0 Å². The van der Waals surface area contributed by atoms with Gasteiger partial charge in [-0.1, -0.05) is 29.8 Å². The Morgan fingerprint density at radius 2 is 1.87 bits per heavy atom. The van der Waals surface area contributed by atoms with E-state index in [0.717, 1.165) is 17.1 Å². The zero-order chi connectivity index (χ0) is 10.3. The molecule has 1 aromatic carbocycles. The summed E-state index contributed by atoms with van der Waals surface area (Å²) in [5, 5.41) is 0.836. The van der Waals surface area contributed by atoms with Crippen LogP contribution in [0.3, 0.4) is 0 Å². The topological polar surface area (TPSA) is 0 Å². The lowest BCUT2D eigenvalue weighted by atomic mass is 10.1. The predicted octanol–water partition coefficient (Wildman–Crippen LogP) is 4.05. The molecule has 0 nitrogen and oxygen atoms in total. The summed E-state index contributed by atoms with van der Waals surface area (Å²) in [6.45, 7) is 2.15. The van der Waals surface area contributed by atoms with Gasteiger partial charge in [-0.05, 0) is 43.7 Å². The highest BCUT2D eigenvalue weighted by molar-refractivity contribution is 8.00. The molecule has 2 bridgehead atoms. The van der Waals surface area contributed by atoms with Crippen molar-refractivity contribution in [3.8, 4) is 0 Å². The molecule has 1 saturated carbocycles. The minimum atomic E-state index is 0.836. The van der Waals surface area contributed by atoms with Gasteiger partial charge in [0.25, 0.3) is 0 Å². The Hall–Kier alpha value is -0.690. The second kappa shape index (κ2) is 3.71. The number of benzene rings is 1. The molecule has 0 aromatic heterocycles. The van der Waals surface area contributed by atoms with Gasteiger partial charge in [0.2, 0.25) is 0 Å². The summed E-state index contributed by atoms with van der Waals surface area (Å²) in [7, 11) is 0. The van der Waals surface area contributed by atoms with Gasteiger partial charge in [0.1, 0.15) is 0 Å². The zero-order valence-corrected chi connectivity index (χ0v) is 9.84. The molecule has 0 amide bonds. The molecule has 2 aliphatic rings. The van der Waals surface area contributed by atoms with Crippen molar-refractivity contribution in [2.75, 3.05) is 0 Å². The molecule has 0 radical (unpaired) electrons. The molecule has 0 spiro atoms. The minimum absolute atomic E-state index is 0.836. The van der Waals surface area contributed by atoms with Crippen molar-refractivity contribution in [2.24, 2.45) is 11.8 Å². The summed E-state index contributed by atoms with van der Waals surface area (Å²) in [4.78, 5) is 1.44. The van der Waals surface area contributed by atoms with Crippen LogP contribution in [0.1, 0.15) is 18.4 Å². The molecule has 1 heteroatoms. The van der Waals surface area contributed by atoms with Gasteiger partial charge < -0.3 is 0 Å². The van der Waals surface area contributed by atoms with E-state index in [1.807, 2.05) is 0 Å². The number of thioether (sulfide) groups is 1. The van der Waals surface area contributed by atoms with Crippen LogP contribution >= 0.6 is 11.8 Å². The Morgan fingerprint density at radius 1 is 1.07 bits per heavy atom. The number of hydrogen-bond donors (Lipinski definition) is 0. The monoisotopic (exact) mass is 216 g/mol. The van der Waals surface area contributed by atoms with E-state index in [4.69, 9.17) is 0 Å². The predicted molar refractivity (Wildman–Crippen MR) is 66.2 cm³/mol. The molecule has 2 aliphatic carbocycles. The molecule has 3 rings (SSSR count). The minimum Gasteiger partial charge on any atom is -0.122 e. The Kier molecular flexibility index (Phi) is 2.36. The summed E-state index contributed by atoms with van der Waals surface area (Å²) in [6, 6.07) is 8.95. The van der Waals surface area contributed by atoms with Crippen molar-refractivity contribution >= 4 is 11.8 Å². The smallest absolute Gasteiger partial charge is 0.0163 e. The second-order valence-electron chi connectivity index (χ2n) is 4.75. The first-order chi connectivity index (χ1) is 7.31. The van der Waals surface area contributed by atoms with Gasteiger partial charge in [-0.15, -0.1) is 11.8 Å². The lowest BCUT2D eigenvalue weighted by molar-refractivity contribution is 0.692. The second-order valence-corrected chi connectivity index (χ2v) is 6.06. The molecule has 0 unspecified atom stereocenters. The Labute approximate surface area is 95.8 Å². The van der Waals surface area contributed by atoms with Gasteiger partial charge in [-0.3, -0.25) is 0 Å². The molecular weight excluding hydrogens is 200 g/mol. The van der Waals surface area contributed by atoms with Gasteiger partial charge in [-0.2, -0.15) is 0 Å². The molecule has 1 fully saturated rings. The van der Waals surface area contributed by atoms with Crippen molar-refractivity contribution in [2.45, 2.75) is 29.9 Å². The van der Waals surface area contributed by atoms with Crippen LogP contribution in [0.25, 0.3) is 0 Å². The van der Waals surface area contributed by atoms with Crippen molar-refractivity contribution < 1.29 is 0 Å². The normalized spacial score (nSPS) is 32.5. The van der Waals surface area contributed by atoms with Crippen LogP contribution in [-0.2, 0) is 0 Å². The number of allylic oxidation sites excluding steroid dienone is 2. The molecule has 78 valence electrons. The number of fused-ring (bicyclic) bond motifs is 2. The highest BCUT2D eigenvalue weighted by atomic mass is 32.2. The molecule has 0 saturated heterocycles. The summed E-state index contributed by atoms with van der Waals surface area (Å²) in [5.41, 5.74) is 1.35. The molecule has 3 atom stereocenters. The molecule has 0 aliphatic heterocycles. The van der Waals surface area contributed by atoms with Crippen LogP contribution in [0.2, 0.25) is 0 Å². The average Bonchev–Trinajstić information content (AvgIpc) is 2.83. The summed E-state index contributed by atoms with van der Waals surface area (Å²) >= 11 is 2.07. The van der Waals surface area contributed by atoms with E-state index in [9.17, 15) is 0 Å². The fraction of sp³-hybridized carbons (Fsp3) is 0.429. The van der Waals surface area contributed by atoms with Gasteiger partial charge in [0.15, 0.2) is 0 Å². The van der Waals surface area contributed by atoms with Crippen molar-refractivity contribution in [3.05, 3.63) is 42.0 Å². The van der Waals surface area contributed by atoms with Gasteiger partial charge >= 0.3 is 0 Å². The fourth-order valence-electron chi connectivity index (χ4n) is 2.66. The Bertz CT molecular complexity index is 377. The summed E-state index contributed by atoms with van der Waals surface area (Å²) in [5.74, 6) is 1.74. The first kappa shape index (κ1) is 9.53. The van der Waals surface area contributed by atoms with E-state index in [0.29, 0.717) is 0 Å². The quantitative estimate of drug-likeness (QED) is 0.672. The maximum absolute atomic E-state index is 2.43. The van der Waals surface area contributed by atoms with E-state index >= 15 is 0 Å². The summed E-state index contributed by atoms with van der Waals surface area (Å²) in [6.07, 6.45) is 7.64. The van der Waals surface area contributed by atoms with Crippen LogP contribution in [0.15, 0.2) is 41.3 Å². The molecular formula is C14H16S. The van der Waals surface area contributed by atoms with Crippen LogP contribution in [-0.4, -0.2) is 5.25 Å². The summed E-state index contributed by atoms with van der Waals surface area (Å²) < 4.78 is 0. The van der Waals surface area contributed by atoms with E-state index in [1.165, 1.54) is 23.3 Å². The standard InChI is InChI=1S/C14H16S/c1-10-2-6-13(7-3-10)15-14-9-11-4-5-12(14)8-11/h2-7,11-12,14H,8-9H2,1H3/t11-,12+,14-/m0/s1. The highest BCUT2D eigenvalue weighted by Gasteiger charge is 2.35. The average molecular weight is 216 g/mol. The zero-order valence-electron chi connectivity index (χ0n) is 9.02. The first-order valence-electron chi connectivity index (χ1n) is 5.73. The van der Waals surface area contributed by atoms with Crippen LogP contribution in [0, 0.1) is 18.8 Å². The maximum atomic E-state index is 2.43. The van der Waals surface area contributed by atoms with E-state index < -0.39 is 0 Å². The largest absolute Gasteiger partial charge is 0.122 e. The lowest BCUT2D eigenvalue weighted by Gasteiger charge is -2.17. The highest BCUT2D eigenvalue weighted by Crippen LogP contribution is 2.46. The number of hydrogen-bond acceptors (Lipinski definition) is 1. The van der Waals surface area contributed by atoms with Gasteiger partial charge in [0.05, 0.1) is 0 Å². The third kappa shape index (κ3) is 1.85. The fourth-order valence-corrected chi connectivity index (χ4v) is 4.02. The third-order valence-electron chi connectivity index (χ3n) is 3.53. The van der Waals surface area contributed by atoms with Gasteiger partial charge in [0, 0.05) is 10.1 Å². The molecule has 1 aromatic rings. The van der Waals surface area contributed by atoms with Gasteiger partial charge in [-0.25, -0.2) is 0 Å². The van der Waals surface area contributed by atoms with Crippen LogP contribution < -0.4 is 0 Å². The van der Waals surface area contributed by atoms with Crippen LogP contribution in [0.4, 0.5) is 0 Å². The van der Waals surface area contributed by atoms with Crippen molar-refractivity contribution in [3.63, 3.8) is 0 Å². The number of rotatable bonds is 2. The lowest BCUT2D eigenvalue weighted by Crippen LogP contribution is -2.08. The Morgan fingerprint density at radius 3 is 2.47 bits per heavy atom. The third-order valence-corrected chi connectivity index (χ3v) is 4.92. The van der Waals surface area contributed by atoms with Crippen LogP contribution in [0.5, 0.6) is 0 Å². The molecule has 15 heavy (non-hydrogen) atoms. The van der Waals surface area contributed by atoms with E-state index in [1.54, 1.807) is 0 Å². The van der Waals surface area contributed by atoms with E-state index in [2.05, 4.69) is 55.1 Å². The maximum Gasteiger partial charge on any atom is 0.0163 e. The molecule has 0 N–H and O–H groups in total. The SMILES string of the molecule is Cc1ccc(S[C@H]2C[C@H]3C=C[C@@H]2C3)cc1. The first-order valence-corrected chi connectivity index (χ1v) is 6.61. The van der Waals surface area contributed by atoms with E-state index in [-0.39, 0.29) is 0 Å². The number of aryl methyl sites for hydroxylation is 1. The van der Waals surface area contributed by atoms with Crippen molar-refractivity contribution in [1.29, 1.82) is 0 Å². The molecule has 0 heterocycles.